The summed E-state index contributed by atoms with van der Waals surface area (Å²) in [6.07, 6.45) is 9.68. The van der Waals surface area contributed by atoms with Crippen molar-refractivity contribution in [3.05, 3.63) is 11.3 Å². The summed E-state index contributed by atoms with van der Waals surface area (Å²) in [5.74, 6) is 8.46. The SMILES string of the molecule is C#CCCC12CCC(CCC#CC)=C1N(C)C(=O)N(C)C2=O. The fraction of sp³-hybridized carbons (Fsp3) is 0.556. The molecule has 22 heavy (non-hydrogen) atoms. The van der Waals surface area contributed by atoms with Gasteiger partial charge in [0.1, 0.15) is 0 Å². The van der Waals surface area contributed by atoms with Crippen LogP contribution in [0.3, 0.4) is 0 Å². The highest BCUT2D eigenvalue weighted by Gasteiger charge is 2.54. The molecule has 0 saturated carbocycles. The molecular weight excluding hydrogens is 276 g/mol. The zero-order chi connectivity index (χ0) is 16.3. The largest absolute Gasteiger partial charge is 0.330 e. The molecule has 1 aliphatic heterocycles. The van der Waals surface area contributed by atoms with Crippen molar-refractivity contribution >= 4 is 11.9 Å². The van der Waals surface area contributed by atoms with E-state index in [1.54, 1.807) is 19.0 Å². The molecule has 1 saturated heterocycles. The number of imide groups is 1. The molecule has 0 aromatic heterocycles. The lowest BCUT2D eigenvalue weighted by atomic mass is 9.77. The molecule has 0 bridgehead atoms. The molecule has 116 valence electrons. The Bertz CT molecular complexity index is 630. The Kier molecular flexibility index (Phi) is 4.62. The molecule has 0 spiro atoms. The average Bonchev–Trinajstić information content (AvgIpc) is 2.89. The van der Waals surface area contributed by atoms with Gasteiger partial charge in [-0.05, 0) is 38.2 Å². The van der Waals surface area contributed by atoms with Gasteiger partial charge in [0.2, 0.25) is 5.91 Å². The summed E-state index contributed by atoms with van der Waals surface area (Å²) in [5, 5.41) is 0. The van der Waals surface area contributed by atoms with Crippen LogP contribution in [0.15, 0.2) is 11.3 Å². The van der Waals surface area contributed by atoms with E-state index in [4.69, 9.17) is 6.42 Å². The highest BCUT2D eigenvalue weighted by Crippen LogP contribution is 2.52. The van der Waals surface area contributed by atoms with Gasteiger partial charge >= 0.3 is 6.03 Å². The van der Waals surface area contributed by atoms with Crippen LogP contribution in [-0.4, -0.2) is 35.8 Å². The summed E-state index contributed by atoms with van der Waals surface area (Å²) in [7, 11) is 3.30. The van der Waals surface area contributed by atoms with Gasteiger partial charge in [-0.2, -0.15) is 0 Å². The Balaban J connectivity index is 2.45. The number of carbonyl (C=O) groups is 2. The van der Waals surface area contributed by atoms with Gasteiger partial charge in [0.15, 0.2) is 0 Å². The van der Waals surface area contributed by atoms with E-state index in [2.05, 4.69) is 17.8 Å². The molecule has 0 aromatic rings. The third-order valence-electron chi connectivity index (χ3n) is 4.69. The van der Waals surface area contributed by atoms with E-state index in [0.29, 0.717) is 12.8 Å². The van der Waals surface area contributed by atoms with Gasteiger partial charge in [0, 0.05) is 32.6 Å². The lowest BCUT2D eigenvalue weighted by molar-refractivity contribution is -0.139. The summed E-state index contributed by atoms with van der Waals surface area (Å²) in [6.45, 7) is 1.82. The second kappa shape index (κ2) is 6.28. The van der Waals surface area contributed by atoms with Crippen molar-refractivity contribution in [2.75, 3.05) is 14.1 Å². The van der Waals surface area contributed by atoms with Gasteiger partial charge in [0.05, 0.1) is 5.41 Å². The molecule has 0 N–H and O–H groups in total. The first kappa shape index (κ1) is 16.2. The molecule has 1 atom stereocenters. The number of rotatable bonds is 4. The zero-order valence-electron chi connectivity index (χ0n) is 13.5. The van der Waals surface area contributed by atoms with Crippen LogP contribution in [0, 0.1) is 29.6 Å². The van der Waals surface area contributed by atoms with Crippen molar-refractivity contribution in [1.82, 2.24) is 9.80 Å². The van der Waals surface area contributed by atoms with Crippen molar-refractivity contribution < 1.29 is 9.59 Å². The fourth-order valence-electron chi connectivity index (χ4n) is 3.65. The van der Waals surface area contributed by atoms with Crippen LogP contribution in [0.4, 0.5) is 4.79 Å². The first-order valence-corrected chi connectivity index (χ1v) is 7.61. The van der Waals surface area contributed by atoms with Gasteiger partial charge in [-0.25, -0.2) is 4.79 Å². The van der Waals surface area contributed by atoms with E-state index in [1.165, 1.54) is 10.5 Å². The molecule has 3 amide bonds. The molecular formula is C18H22N2O2. The highest BCUT2D eigenvalue weighted by molar-refractivity contribution is 6.03. The third-order valence-corrected chi connectivity index (χ3v) is 4.69. The highest BCUT2D eigenvalue weighted by atomic mass is 16.2. The summed E-state index contributed by atoms with van der Waals surface area (Å²) in [5.41, 5.74) is 1.43. The topological polar surface area (TPSA) is 40.6 Å². The van der Waals surface area contributed by atoms with Crippen molar-refractivity contribution in [1.29, 1.82) is 0 Å². The van der Waals surface area contributed by atoms with Crippen molar-refractivity contribution in [3.8, 4) is 24.2 Å². The normalized spacial score (nSPS) is 24.1. The van der Waals surface area contributed by atoms with E-state index in [-0.39, 0.29) is 11.9 Å². The van der Waals surface area contributed by atoms with Gasteiger partial charge in [-0.1, -0.05) is 0 Å². The van der Waals surface area contributed by atoms with Crippen molar-refractivity contribution in [2.24, 2.45) is 5.41 Å². The third kappa shape index (κ3) is 2.40. The van der Waals surface area contributed by atoms with Gasteiger partial charge in [-0.3, -0.25) is 14.6 Å². The minimum atomic E-state index is -0.626. The van der Waals surface area contributed by atoms with Crippen LogP contribution >= 0.6 is 0 Å². The zero-order valence-corrected chi connectivity index (χ0v) is 13.5. The number of fused-ring (bicyclic) bond motifs is 1. The van der Waals surface area contributed by atoms with Crippen molar-refractivity contribution in [2.45, 2.75) is 45.4 Å². The van der Waals surface area contributed by atoms with Gasteiger partial charge in [0.25, 0.3) is 0 Å². The summed E-state index contributed by atoms with van der Waals surface area (Å²) >= 11 is 0. The Hall–Kier alpha value is -2.20. The standard InChI is InChI=1S/C18H22N2O2/c1-5-7-9-10-14-11-13-18(12-8-6-2)15(14)19(3)17(22)20(4)16(18)21/h2H,8-13H2,1,3-4H3. The Morgan fingerprint density at radius 1 is 1.23 bits per heavy atom. The quantitative estimate of drug-likeness (QED) is 0.749. The van der Waals surface area contributed by atoms with Crippen LogP contribution in [0.2, 0.25) is 0 Å². The molecule has 4 heteroatoms. The molecule has 1 fully saturated rings. The van der Waals surface area contributed by atoms with Gasteiger partial charge < -0.3 is 0 Å². The second-order valence-corrected chi connectivity index (χ2v) is 5.87. The predicted molar refractivity (Wildman–Crippen MR) is 85.4 cm³/mol. The predicted octanol–water partition coefficient (Wildman–Crippen LogP) is 2.76. The molecule has 2 aliphatic rings. The van der Waals surface area contributed by atoms with Crippen LogP contribution < -0.4 is 0 Å². The van der Waals surface area contributed by atoms with Crippen LogP contribution in [-0.2, 0) is 4.79 Å². The molecule has 0 radical (unpaired) electrons. The van der Waals surface area contributed by atoms with E-state index in [9.17, 15) is 9.59 Å². The summed E-state index contributed by atoms with van der Waals surface area (Å²) in [6, 6.07) is -0.266. The number of hydrogen-bond acceptors (Lipinski definition) is 2. The van der Waals surface area contributed by atoms with E-state index >= 15 is 0 Å². The molecule has 1 aliphatic carbocycles. The van der Waals surface area contributed by atoms with Crippen LogP contribution in [0.5, 0.6) is 0 Å². The second-order valence-electron chi connectivity index (χ2n) is 5.87. The summed E-state index contributed by atoms with van der Waals surface area (Å²) in [4.78, 5) is 28.0. The molecule has 4 nitrogen and oxygen atoms in total. The number of terminal acetylenes is 1. The van der Waals surface area contributed by atoms with Crippen LogP contribution in [0.25, 0.3) is 0 Å². The minimum absolute atomic E-state index is 0.113. The Morgan fingerprint density at radius 2 is 1.95 bits per heavy atom. The Morgan fingerprint density at radius 3 is 2.59 bits per heavy atom. The number of amides is 3. The number of carbonyl (C=O) groups excluding carboxylic acids is 2. The number of urea groups is 1. The van der Waals surface area contributed by atoms with Gasteiger partial charge in [-0.15, -0.1) is 24.2 Å². The Labute approximate surface area is 132 Å². The first-order valence-electron chi connectivity index (χ1n) is 7.61. The molecule has 1 unspecified atom stereocenters. The summed E-state index contributed by atoms with van der Waals surface area (Å²) < 4.78 is 0. The van der Waals surface area contributed by atoms with E-state index < -0.39 is 5.41 Å². The maximum Gasteiger partial charge on any atom is 0.330 e. The average molecular weight is 298 g/mol. The lowest BCUT2D eigenvalue weighted by Crippen LogP contribution is -2.57. The number of hydrogen-bond donors (Lipinski definition) is 0. The fourth-order valence-corrected chi connectivity index (χ4v) is 3.65. The van der Waals surface area contributed by atoms with E-state index in [0.717, 1.165) is 31.4 Å². The smallest absolute Gasteiger partial charge is 0.300 e. The van der Waals surface area contributed by atoms with Crippen molar-refractivity contribution in [3.63, 3.8) is 0 Å². The molecule has 1 heterocycles. The monoisotopic (exact) mass is 298 g/mol. The molecule has 2 rings (SSSR count). The molecule has 0 aromatic carbocycles. The first-order chi connectivity index (χ1) is 10.5. The number of allylic oxidation sites excluding steroid dienone is 1. The lowest BCUT2D eigenvalue weighted by Gasteiger charge is -2.43. The number of nitrogens with zero attached hydrogens (tertiary/aromatic N) is 2. The maximum atomic E-state index is 12.8. The van der Waals surface area contributed by atoms with E-state index in [1.807, 2.05) is 6.92 Å². The van der Waals surface area contributed by atoms with Crippen LogP contribution in [0.1, 0.15) is 45.4 Å². The maximum absolute atomic E-state index is 12.8. The minimum Gasteiger partial charge on any atom is -0.300 e.